The third-order valence-electron chi connectivity index (χ3n) is 3.75. The van der Waals surface area contributed by atoms with E-state index in [4.69, 9.17) is 4.74 Å². The molecule has 6 heteroatoms. The van der Waals surface area contributed by atoms with Crippen molar-refractivity contribution in [1.29, 1.82) is 0 Å². The topological polar surface area (TPSA) is 79.8 Å². The van der Waals surface area contributed by atoms with Gasteiger partial charge < -0.3 is 10.1 Å². The minimum atomic E-state index is -0.845. The Bertz CT molecular complexity index is 940. The van der Waals surface area contributed by atoms with Gasteiger partial charge in [0.25, 0.3) is 0 Å². The van der Waals surface area contributed by atoms with E-state index in [1.807, 2.05) is 48.5 Å². The molecule has 0 unspecified atom stereocenters. The Morgan fingerprint density at radius 2 is 1.46 bits per heavy atom. The summed E-state index contributed by atoms with van der Waals surface area (Å²) in [5.74, 6) is -0.900. The van der Waals surface area contributed by atoms with Gasteiger partial charge in [-0.25, -0.2) is 5.43 Å². The predicted octanol–water partition coefficient (Wildman–Crippen LogP) is 3.35. The summed E-state index contributed by atoms with van der Waals surface area (Å²) in [5.41, 5.74) is 4.59. The number of para-hydroxylation sites is 1. The van der Waals surface area contributed by atoms with Gasteiger partial charge in [0.05, 0.1) is 6.21 Å². The fraction of sp³-hybridized carbons (Fsp3) is 0.0455. The first-order valence-corrected chi connectivity index (χ1v) is 8.67. The number of nitrogens with one attached hydrogen (secondary N) is 2. The number of hydrogen-bond donors (Lipinski definition) is 2. The molecule has 0 spiro atoms. The summed E-state index contributed by atoms with van der Waals surface area (Å²) in [5, 5.41) is 6.29. The molecule has 3 aromatic carbocycles. The van der Waals surface area contributed by atoms with Crippen LogP contribution in [0.4, 0.5) is 5.69 Å². The smallest absolute Gasteiger partial charge is 0.329 e. The highest BCUT2D eigenvalue weighted by molar-refractivity contribution is 6.39. The second-order valence-corrected chi connectivity index (χ2v) is 5.86. The predicted molar refractivity (Wildman–Crippen MR) is 108 cm³/mol. The first kappa shape index (κ1) is 18.8. The van der Waals surface area contributed by atoms with Crippen molar-refractivity contribution in [3.05, 3.63) is 96.1 Å². The fourth-order valence-corrected chi connectivity index (χ4v) is 2.32. The molecular weight excluding hydrogens is 354 g/mol. The monoisotopic (exact) mass is 373 g/mol. The van der Waals surface area contributed by atoms with Crippen LogP contribution in [0.3, 0.4) is 0 Å². The summed E-state index contributed by atoms with van der Waals surface area (Å²) in [7, 11) is 0. The summed E-state index contributed by atoms with van der Waals surface area (Å²) < 4.78 is 5.71. The van der Waals surface area contributed by atoms with E-state index in [0.29, 0.717) is 12.3 Å². The molecule has 140 valence electrons. The molecule has 0 atom stereocenters. The van der Waals surface area contributed by atoms with E-state index in [9.17, 15) is 9.59 Å². The molecule has 0 heterocycles. The van der Waals surface area contributed by atoms with Gasteiger partial charge >= 0.3 is 11.8 Å². The number of carbonyl (C=O) groups is 2. The Morgan fingerprint density at radius 3 is 2.14 bits per heavy atom. The highest BCUT2D eigenvalue weighted by atomic mass is 16.5. The Kier molecular flexibility index (Phi) is 6.52. The zero-order valence-electron chi connectivity index (χ0n) is 15.0. The Labute approximate surface area is 162 Å². The molecular formula is C22H19N3O3. The fourth-order valence-electron chi connectivity index (χ4n) is 2.32. The van der Waals surface area contributed by atoms with Crippen molar-refractivity contribution in [2.45, 2.75) is 6.61 Å². The SMILES string of the molecule is O=C(N/N=C/c1ccc(OCc2ccccc2)cc1)C(=O)Nc1ccccc1. The van der Waals surface area contributed by atoms with Crippen molar-refractivity contribution in [1.82, 2.24) is 5.43 Å². The van der Waals surface area contributed by atoms with E-state index in [0.717, 1.165) is 16.9 Å². The van der Waals surface area contributed by atoms with Crippen LogP contribution in [-0.4, -0.2) is 18.0 Å². The van der Waals surface area contributed by atoms with Crippen LogP contribution in [-0.2, 0) is 16.2 Å². The minimum Gasteiger partial charge on any atom is -0.489 e. The lowest BCUT2D eigenvalue weighted by Crippen LogP contribution is -2.32. The van der Waals surface area contributed by atoms with Crippen molar-refractivity contribution in [3.63, 3.8) is 0 Å². The zero-order chi connectivity index (χ0) is 19.6. The Morgan fingerprint density at radius 1 is 0.821 bits per heavy atom. The summed E-state index contributed by atoms with van der Waals surface area (Å²) in [6.07, 6.45) is 1.45. The molecule has 0 aliphatic rings. The van der Waals surface area contributed by atoms with Crippen LogP contribution in [0.15, 0.2) is 90.0 Å². The van der Waals surface area contributed by atoms with Gasteiger partial charge in [-0.2, -0.15) is 5.10 Å². The normalized spacial score (nSPS) is 10.4. The van der Waals surface area contributed by atoms with Crippen molar-refractivity contribution in [2.75, 3.05) is 5.32 Å². The van der Waals surface area contributed by atoms with E-state index >= 15 is 0 Å². The van der Waals surface area contributed by atoms with Gasteiger partial charge in [-0.1, -0.05) is 48.5 Å². The molecule has 3 rings (SSSR count). The molecule has 0 bridgehead atoms. The summed E-state index contributed by atoms with van der Waals surface area (Å²) in [6.45, 7) is 0.487. The molecule has 6 nitrogen and oxygen atoms in total. The van der Waals surface area contributed by atoms with Gasteiger partial charge in [-0.3, -0.25) is 9.59 Å². The number of hydrazone groups is 1. The molecule has 0 aromatic heterocycles. The first-order valence-electron chi connectivity index (χ1n) is 8.67. The molecule has 0 radical (unpaired) electrons. The van der Waals surface area contributed by atoms with Crippen LogP contribution >= 0.6 is 0 Å². The second-order valence-electron chi connectivity index (χ2n) is 5.86. The van der Waals surface area contributed by atoms with Crippen molar-refractivity contribution in [2.24, 2.45) is 5.10 Å². The largest absolute Gasteiger partial charge is 0.489 e. The molecule has 0 saturated carbocycles. The van der Waals surface area contributed by atoms with Gasteiger partial charge in [0.15, 0.2) is 0 Å². The molecule has 28 heavy (non-hydrogen) atoms. The first-order chi connectivity index (χ1) is 13.7. The van der Waals surface area contributed by atoms with Crippen molar-refractivity contribution in [3.8, 4) is 5.75 Å². The minimum absolute atomic E-state index is 0.487. The van der Waals surface area contributed by atoms with Gasteiger partial charge in [-0.05, 0) is 47.5 Å². The summed E-state index contributed by atoms with van der Waals surface area (Å²) >= 11 is 0. The van der Waals surface area contributed by atoms with E-state index in [1.54, 1.807) is 36.4 Å². The number of carbonyl (C=O) groups excluding carboxylic acids is 2. The standard InChI is InChI=1S/C22H19N3O3/c26-21(24-19-9-5-2-6-10-19)22(27)25-23-15-17-11-13-20(14-12-17)28-16-18-7-3-1-4-8-18/h1-15H,16H2,(H,24,26)(H,25,27)/b23-15+. The third-order valence-corrected chi connectivity index (χ3v) is 3.75. The average Bonchev–Trinajstić information content (AvgIpc) is 2.74. The number of hydrogen-bond acceptors (Lipinski definition) is 4. The Balaban J connectivity index is 1.46. The lowest BCUT2D eigenvalue weighted by Gasteiger charge is -2.06. The molecule has 0 aliphatic carbocycles. The number of nitrogens with zero attached hydrogens (tertiary/aromatic N) is 1. The van der Waals surface area contributed by atoms with Crippen LogP contribution in [0, 0.1) is 0 Å². The number of anilines is 1. The maximum atomic E-state index is 11.8. The highest BCUT2D eigenvalue weighted by Crippen LogP contribution is 2.13. The summed E-state index contributed by atoms with van der Waals surface area (Å²) in [4.78, 5) is 23.5. The van der Waals surface area contributed by atoms with Crippen molar-refractivity contribution < 1.29 is 14.3 Å². The van der Waals surface area contributed by atoms with Gasteiger partial charge in [0, 0.05) is 5.69 Å². The maximum Gasteiger partial charge on any atom is 0.329 e. The Hall–Kier alpha value is -3.93. The quantitative estimate of drug-likeness (QED) is 0.395. The highest BCUT2D eigenvalue weighted by Gasteiger charge is 2.12. The number of amides is 2. The molecule has 0 aliphatic heterocycles. The summed E-state index contributed by atoms with van der Waals surface area (Å²) in [6, 6.07) is 25.8. The average molecular weight is 373 g/mol. The molecule has 2 N–H and O–H groups in total. The zero-order valence-corrected chi connectivity index (χ0v) is 15.0. The lowest BCUT2D eigenvalue weighted by molar-refractivity contribution is -0.136. The molecule has 3 aromatic rings. The van der Waals surface area contributed by atoms with Crippen LogP contribution in [0.25, 0.3) is 0 Å². The molecule has 0 fully saturated rings. The van der Waals surface area contributed by atoms with Crippen LogP contribution in [0.5, 0.6) is 5.75 Å². The maximum absolute atomic E-state index is 11.8. The molecule has 0 saturated heterocycles. The van der Waals surface area contributed by atoms with E-state index in [2.05, 4.69) is 15.8 Å². The number of ether oxygens (including phenoxy) is 1. The van der Waals surface area contributed by atoms with Gasteiger partial charge in [-0.15, -0.1) is 0 Å². The molecule has 2 amide bonds. The second kappa shape index (κ2) is 9.68. The number of rotatable bonds is 6. The van der Waals surface area contributed by atoms with Crippen LogP contribution in [0.2, 0.25) is 0 Å². The van der Waals surface area contributed by atoms with Gasteiger partial charge in [0.2, 0.25) is 0 Å². The lowest BCUT2D eigenvalue weighted by atomic mass is 10.2. The number of benzene rings is 3. The van der Waals surface area contributed by atoms with Crippen LogP contribution < -0.4 is 15.5 Å². The van der Waals surface area contributed by atoms with Crippen LogP contribution in [0.1, 0.15) is 11.1 Å². The van der Waals surface area contributed by atoms with E-state index in [1.165, 1.54) is 6.21 Å². The van der Waals surface area contributed by atoms with Crippen molar-refractivity contribution >= 4 is 23.7 Å². The third kappa shape index (κ3) is 5.81. The van der Waals surface area contributed by atoms with E-state index < -0.39 is 11.8 Å². The van der Waals surface area contributed by atoms with E-state index in [-0.39, 0.29) is 0 Å². The van der Waals surface area contributed by atoms with Gasteiger partial charge in [0.1, 0.15) is 12.4 Å².